The third-order valence-corrected chi connectivity index (χ3v) is 3.67. The van der Waals surface area contributed by atoms with E-state index in [2.05, 4.69) is 37.0 Å². The van der Waals surface area contributed by atoms with Crippen LogP contribution in [0.3, 0.4) is 0 Å². The largest absolute Gasteiger partial charge is 0.497 e. The van der Waals surface area contributed by atoms with Crippen molar-refractivity contribution in [2.75, 3.05) is 7.11 Å². The van der Waals surface area contributed by atoms with Crippen molar-refractivity contribution < 1.29 is 4.74 Å². The van der Waals surface area contributed by atoms with Gasteiger partial charge in [-0.1, -0.05) is 12.1 Å². The molecule has 2 heteroatoms. The maximum atomic E-state index is 5.30. The maximum Gasteiger partial charge on any atom is 0.119 e. The average molecular weight is 245 g/mol. The van der Waals surface area contributed by atoms with Crippen molar-refractivity contribution in [1.82, 2.24) is 5.32 Å². The highest BCUT2D eigenvalue weighted by Gasteiger charge is 2.21. The van der Waals surface area contributed by atoms with E-state index in [0.29, 0.717) is 12.1 Å². The van der Waals surface area contributed by atoms with Crippen molar-refractivity contribution in [1.29, 1.82) is 0 Å². The standard InChI is InChI=1S/C16H23NO/c1-4-6-12(2)17-16-8-5-7-13-11-14(18-3)9-10-15(13)16/h4,9-12,16-17H,1,5-8H2,2-3H3. The molecule has 1 aromatic carbocycles. The monoisotopic (exact) mass is 245 g/mol. The summed E-state index contributed by atoms with van der Waals surface area (Å²) in [5.41, 5.74) is 2.88. The molecule has 1 aliphatic rings. The molecular weight excluding hydrogens is 222 g/mol. The van der Waals surface area contributed by atoms with Crippen LogP contribution in [0.15, 0.2) is 30.9 Å². The molecule has 0 saturated carbocycles. The van der Waals surface area contributed by atoms with Crippen LogP contribution in [0.1, 0.15) is 43.4 Å². The first-order chi connectivity index (χ1) is 8.74. The molecule has 0 aromatic heterocycles. The summed E-state index contributed by atoms with van der Waals surface area (Å²) in [5.74, 6) is 0.966. The Morgan fingerprint density at radius 3 is 3.11 bits per heavy atom. The summed E-state index contributed by atoms with van der Waals surface area (Å²) >= 11 is 0. The molecule has 0 saturated heterocycles. The van der Waals surface area contributed by atoms with Gasteiger partial charge >= 0.3 is 0 Å². The van der Waals surface area contributed by atoms with Crippen LogP contribution in [-0.2, 0) is 6.42 Å². The predicted molar refractivity (Wildman–Crippen MR) is 76.1 cm³/mol. The van der Waals surface area contributed by atoms with E-state index < -0.39 is 0 Å². The summed E-state index contributed by atoms with van der Waals surface area (Å²) in [5, 5.41) is 3.70. The van der Waals surface area contributed by atoms with Gasteiger partial charge in [-0.25, -0.2) is 0 Å². The Labute approximate surface area is 110 Å². The summed E-state index contributed by atoms with van der Waals surface area (Å²) in [4.78, 5) is 0. The van der Waals surface area contributed by atoms with Crippen molar-refractivity contribution >= 4 is 0 Å². The molecule has 2 nitrogen and oxygen atoms in total. The molecule has 2 unspecified atom stereocenters. The van der Waals surface area contributed by atoms with E-state index in [4.69, 9.17) is 4.74 Å². The number of methoxy groups -OCH3 is 1. The normalized spacial score (nSPS) is 20.0. The molecular formula is C16H23NO. The highest BCUT2D eigenvalue weighted by molar-refractivity contribution is 5.39. The maximum absolute atomic E-state index is 5.30. The molecule has 0 bridgehead atoms. The van der Waals surface area contributed by atoms with Crippen molar-refractivity contribution in [3.63, 3.8) is 0 Å². The highest BCUT2D eigenvalue weighted by atomic mass is 16.5. The molecule has 0 amide bonds. The van der Waals surface area contributed by atoms with Gasteiger partial charge in [0, 0.05) is 12.1 Å². The van der Waals surface area contributed by atoms with Gasteiger partial charge in [-0.05, 0) is 55.9 Å². The number of benzene rings is 1. The third kappa shape index (κ3) is 2.94. The summed E-state index contributed by atoms with van der Waals surface area (Å²) in [7, 11) is 1.73. The second kappa shape index (κ2) is 6.05. The number of rotatable bonds is 5. The fourth-order valence-corrected chi connectivity index (χ4v) is 2.75. The first kappa shape index (κ1) is 13.2. The van der Waals surface area contributed by atoms with Crippen molar-refractivity contribution in [3.05, 3.63) is 42.0 Å². The fraction of sp³-hybridized carbons (Fsp3) is 0.500. The molecule has 0 aliphatic heterocycles. The first-order valence-electron chi connectivity index (χ1n) is 6.78. The Hall–Kier alpha value is -1.28. The summed E-state index contributed by atoms with van der Waals surface area (Å²) in [6.07, 6.45) is 6.64. The Morgan fingerprint density at radius 1 is 1.56 bits per heavy atom. The van der Waals surface area contributed by atoms with E-state index in [1.807, 2.05) is 6.08 Å². The van der Waals surface area contributed by atoms with Crippen molar-refractivity contribution in [3.8, 4) is 5.75 Å². The first-order valence-corrected chi connectivity index (χ1v) is 6.78. The van der Waals surface area contributed by atoms with Gasteiger partial charge in [-0.2, -0.15) is 0 Å². The van der Waals surface area contributed by atoms with E-state index >= 15 is 0 Å². The number of hydrogen-bond donors (Lipinski definition) is 1. The summed E-state index contributed by atoms with van der Waals surface area (Å²) < 4.78 is 5.30. The molecule has 0 fully saturated rings. The molecule has 2 rings (SSSR count). The lowest BCUT2D eigenvalue weighted by atomic mass is 9.87. The van der Waals surface area contributed by atoms with E-state index in [0.717, 1.165) is 12.2 Å². The minimum atomic E-state index is 0.481. The predicted octanol–water partition coefficient (Wildman–Crippen LogP) is 3.63. The number of nitrogens with one attached hydrogen (secondary N) is 1. The quantitative estimate of drug-likeness (QED) is 0.800. The van der Waals surface area contributed by atoms with Gasteiger partial charge in [0.25, 0.3) is 0 Å². The van der Waals surface area contributed by atoms with Crippen LogP contribution in [0.2, 0.25) is 0 Å². The van der Waals surface area contributed by atoms with E-state index in [1.54, 1.807) is 7.11 Å². The highest BCUT2D eigenvalue weighted by Crippen LogP contribution is 2.32. The molecule has 0 heterocycles. The minimum absolute atomic E-state index is 0.481. The zero-order valence-electron chi connectivity index (χ0n) is 11.4. The smallest absolute Gasteiger partial charge is 0.119 e. The van der Waals surface area contributed by atoms with Crippen LogP contribution in [-0.4, -0.2) is 13.2 Å². The van der Waals surface area contributed by atoms with E-state index in [1.165, 1.54) is 30.4 Å². The summed E-state index contributed by atoms with van der Waals surface area (Å²) in [6.45, 7) is 6.03. The van der Waals surface area contributed by atoms with Crippen LogP contribution < -0.4 is 10.1 Å². The van der Waals surface area contributed by atoms with Crippen LogP contribution in [0.25, 0.3) is 0 Å². The topological polar surface area (TPSA) is 21.3 Å². The van der Waals surface area contributed by atoms with Gasteiger partial charge in [-0.3, -0.25) is 0 Å². The minimum Gasteiger partial charge on any atom is -0.497 e. The average Bonchev–Trinajstić information content (AvgIpc) is 2.38. The molecule has 0 radical (unpaired) electrons. The van der Waals surface area contributed by atoms with Crippen molar-refractivity contribution in [2.45, 2.75) is 44.7 Å². The SMILES string of the molecule is C=CCC(C)NC1CCCc2cc(OC)ccc21. The Balaban J connectivity index is 2.14. The van der Waals surface area contributed by atoms with Crippen LogP contribution >= 0.6 is 0 Å². The molecule has 1 aromatic rings. The fourth-order valence-electron chi connectivity index (χ4n) is 2.75. The van der Waals surface area contributed by atoms with Gasteiger partial charge in [0.2, 0.25) is 0 Å². The molecule has 98 valence electrons. The van der Waals surface area contributed by atoms with Gasteiger partial charge in [-0.15, -0.1) is 6.58 Å². The van der Waals surface area contributed by atoms with Crippen LogP contribution in [0, 0.1) is 0 Å². The number of ether oxygens (including phenoxy) is 1. The van der Waals surface area contributed by atoms with Gasteiger partial charge in [0.15, 0.2) is 0 Å². The Kier molecular flexibility index (Phi) is 4.43. The van der Waals surface area contributed by atoms with E-state index in [-0.39, 0.29) is 0 Å². The molecule has 1 aliphatic carbocycles. The number of hydrogen-bond acceptors (Lipinski definition) is 2. The van der Waals surface area contributed by atoms with Crippen LogP contribution in [0.4, 0.5) is 0 Å². The molecule has 0 spiro atoms. The van der Waals surface area contributed by atoms with E-state index in [9.17, 15) is 0 Å². The zero-order chi connectivity index (χ0) is 13.0. The molecule has 18 heavy (non-hydrogen) atoms. The lowest BCUT2D eigenvalue weighted by molar-refractivity contribution is 0.400. The lowest BCUT2D eigenvalue weighted by Crippen LogP contribution is -2.32. The second-order valence-corrected chi connectivity index (χ2v) is 5.10. The van der Waals surface area contributed by atoms with Crippen molar-refractivity contribution in [2.24, 2.45) is 0 Å². The van der Waals surface area contributed by atoms with Gasteiger partial charge < -0.3 is 10.1 Å². The second-order valence-electron chi connectivity index (χ2n) is 5.10. The molecule has 1 N–H and O–H groups in total. The molecule has 2 atom stereocenters. The third-order valence-electron chi connectivity index (χ3n) is 3.67. The van der Waals surface area contributed by atoms with Gasteiger partial charge in [0.1, 0.15) is 5.75 Å². The lowest BCUT2D eigenvalue weighted by Gasteiger charge is -2.29. The summed E-state index contributed by atoms with van der Waals surface area (Å²) in [6, 6.07) is 7.43. The Morgan fingerprint density at radius 2 is 2.39 bits per heavy atom. The Bertz CT molecular complexity index is 414. The zero-order valence-corrected chi connectivity index (χ0v) is 11.4. The number of fused-ring (bicyclic) bond motifs is 1. The van der Waals surface area contributed by atoms with Gasteiger partial charge in [0.05, 0.1) is 7.11 Å². The number of aryl methyl sites for hydroxylation is 1. The van der Waals surface area contributed by atoms with Crippen LogP contribution in [0.5, 0.6) is 5.75 Å².